The van der Waals surface area contributed by atoms with Crippen LogP contribution in [0.2, 0.25) is 0 Å². The van der Waals surface area contributed by atoms with E-state index < -0.39 is 48.4 Å². The number of aliphatic hydroxyl groups excluding tert-OH is 1. The number of carboxylic acid groups (broad SMARTS) is 1. The molecule has 5 atom stereocenters. The van der Waals surface area contributed by atoms with Gasteiger partial charge in [-0.05, 0) is 0 Å². The summed E-state index contributed by atoms with van der Waals surface area (Å²) in [5, 5.41) is 34.9. The first-order valence-electron chi connectivity index (χ1n) is 5.50. The fourth-order valence-corrected chi connectivity index (χ4v) is 1.89. The van der Waals surface area contributed by atoms with Gasteiger partial charge in [0.25, 0.3) is 0 Å². The fraction of sp³-hybridized carbons (Fsp3) is 0.700. The zero-order valence-corrected chi connectivity index (χ0v) is 10.3. The van der Waals surface area contributed by atoms with Gasteiger partial charge in [0.2, 0.25) is 11.8 Å². The van der Waals surface area contributed by atoms with Gasteiger partial charge in [0.05, 0.1) is 12.1 Å². The summed E-state index contributed by atoms with van der Waals surface area (Å²) in [6, 6.07) is -2.49. The summed E-state index contributed by atoms with van der Waals surface area (Å²) in [7, 11) is 0. The van der Waals surface area contributed by atoms with Crippen LogP contribution in [0, 0.1) is 0 Å². The van der Waals surface area contributed by atoms with Crippen molar-refractivity contribution in [2.24, 2.45) is 0 Å². The van der Waals surface area contributed by atoms with Gasteiger partial charge < -0.3 is 30.7 Å². The van der Waals surface area contributed by atoms with Crippen LogP contribution < -0.4 is 15.7 Å². The van der Waals surface area contributed by atoms with Gasteiger partial charge >= 0.3 is 5.97 Å². The van der Waals surface area contributed by atoms with Crippen LogP contribution in [0.1, 0.15) is 13.8 Å². The van der Waals surface area contributed by atoms with Gasteiger partial charge in [0.1, 0.15) is 6.10 Å². The molecule has 0 aliphatic carbocycles. The topological polar surface area (TPSA) is 148 Å². The lowest BCUT2D eigenvalue weighted by Crippen LogP contribution is -2.72. The van der Waals surface area contributed by atoms with Crippen molar-refractivity contribution in [3.63, 3.8) is 0 Å². The molecule has 0 radical (unpaired) electrons. The van der Waals surface area contributed by atoms with E-state index in [2.05, 4.69) is 15.4 Å². The number of carboxylic acids is 1. The van der Waals surface area contributed by atoms with Crippen molar-refractivity contribution < 1.29 is 34.4 Å². The van der Waals surface area contributed by atoms with E-state index in [-0.39, 0.29) is 0 Å². The Bertz CT molecular complexity index is 386. The number of amides is 2. The van der Waals surface area contributed by atoms with Crippen molar-refractivity contribution >= 4 is 17.8 Å². The van der Waals surface area contributed by atoms with Gasteiger partial charge in [0, 0.05) is 20.1 Å². The van der Waals surface area contributed by atoms with Crippen LogP contribution in [0.25, 0.3) is 0 Å². The zero-order chi connectivity index (χ0) is 14.7. The van der Waals surface area contributed by atoms with E-state index in [0.717, 1.165) is 13.8 Å². The van der Waals surface area contributed by atoms with Crippen molar-refractivity contribution in [2.75, 3.05) is 0 Å². The summed E-state index contributed by atoms with van der Waals surface area (Å²) >= 11 is 0. The average molecular weight is 275 g/mol. The molecule has 4 N–H and O–H groups in total. The summed E-state index contributed by atoms with van der Waals surface area (Å²) in [4.78, 5) is 32.9. The van der Waals surface area contributed by atoms with Gasteiger partial charge in [-0.1, -0.05) is 0 Å². The Hall–Kier alpha value is -1.71. The molecule has 0 saturated carbocycles. The predicted octanol–water partition coefficient (Wildman–Crippen LogP) is -3.47. The van der Waals surface area contributed by atoms with Gasteiger partial charge in [0.15, 0.2) is 6.10 Å². The van der Waals surface area contributed by atoms with Crippen LogP contribution >= 0.6 is 0 Å². The molecule has 1 aliphatic heterocycles. The summed E-state index contributed by atoms with van der Waals surface area (Å²) in [5.41, 5.74) is 0. The highest BCUT2D eigenvalue weighted by molar-refractivity contribution is 5.77. The van der Waals surface area contributed by atoms with Gasteiger partial charge in [-0.3, -0.25) is 9.59 Å². The molecular weight excluding hydrogens is 260 g/mol. The van der Waals surface area contributed by atoms with Crippen LogP contribution in [0.15, 0.2) is 0 Å². The molecule has 0 aromatic rings. The molecule has 0 bridgehead atoms. The van der Waals surface area contributed by atoms with Crippen LogP contribution in [0.5, 0.6) is 0 Å². The highest BCUT2D eigenvalue weighted by Crippen LogP contribution is 2.19. The molecule has 0 unspecified atom stereocenters. The van der Waals surface area contributed by atoms with E-state index in [1.165, 1.54) is 0 Å². The Balaban J connectivity index is 2.98. The van der Waals surface area contributed by atoms with Crippen LogP contribution in [-0.4, -0.2) is 58.6 Å². The quantitative estimate of drug-likeness (QED) is 0.418. The molecule has 1 saturated heterocycles. The highest BCUT2D eigenvalue weighted by atomic mass is 16.6. The second-order valence-electron chi connectivity index (χ2n) is 4.21. The first-order chi connectivity index (χ1) is 8.73. The molecule has 1 heterocycles. The average Bonchev–Trinajstić information content (AvgIpc) is 2.26. The maximum atomic E-state index is 11.7. The van der Waals surface area contributed by atoms with Crippen LogP contribution in [-0.2, 0) is 19.1 Å². The number of hydrogen-bond acceptors (Lipinski definition) is 6. The maximum Gasteiger partial charge on any atom is 0.335 e. The molecule has 19 heavy (non-hydrogen) atoms. The molecule has 0 spiro atoms. The maximum absolute atomic E-state index is 11.7. The van der Waals surface area contributed by atoms with Gasteiger partial charge in [-0.15, -0.1) is 0 Å². The summed E-state index contributed by atoms with van der Waals surface area (Å²) in [5.74, 6) is -2.66. The molecule has 1 rings (SSSR count). The minimum absolute atomic E-state index is 0.564. The summed E-state index contributed by atoms with van der Waals surface area (Å²) < 4.78 is 4.61. The monoisotopic (exact) mass is 275 g/mol. The minimum atomic E-state index is -1.91. The van der Waals surface area contributed by atoms with E-state index >= 15 is 0 Å². The normalized spacial score (nSPS) is 34.4. The van der Waals surface area contributed by atoms with Crippen molar-refractivity contribution in [3.8, 4) is 0 Å². The molecule has 2 amide bonds. The molecule has 1 fully saturated rings. The Morgan fingerprint density at radius 3 is 2.00 bits per heavy atom. The van der Waals surface area contributed by atoms with Crippen molar-refractivity contribution in [2.45, 2.75) is 44.4 Å². The van der Waals surface area contributed by atoms with Crippen molar-refractivity contribution in [3.05, 3.63) is 0 Å². The first-order valence-corrected chi connectivity index (χ1v) is 5.50. The van der Waals surface area contributed by atoms with Gasteiger partial charge in [-0.25, -0.2) is 4.79 Å². The molecular formula is C10H15N2O7-. The van der Waals surface area contributed by atoms with E-state index in [1.807, 2.05) is 0 Å². The van der Waals surface area contributed by atoms with E-state index in [0.29, 0.717) is 0 Å². The van der Waals surface area contributed by atoms with E-state index in [1.54, 1.807) is 0 Å². The van der Waals surface area contributed by atoms with Crippen LogP contribution in [0.4, 0.5) is 0 Å². The number of aliphatic carboxylic acids is 1. The number of aliphatic hydroxyl groups is 1. The number of hydrogen-bond donors (Lipinski definition) is 4. The number of carbonyl (C=O) groups is 3. The third kappa shape index (κ3) is 3.63. The number of carbonyl (C=O) groups excluding carboxylic acids is 2. The Morgan fingerprint density at radius 1 is 1.11 bits per heavy atom. The smallest absolute Gasteiger partial charge is 0.335 e. The van der Waals surface area contributed by atoms with Gasteiger partial charge in [-0.2, -0.15) is 0 Å². The SMILES string of the molecule is CC(=O)N[C@@H]1[C@@H](NC(C)=O)[C@H](O)[C@@H](C(=O)O)O[C@@H]1[O-]. The predicted molar refractivity (Wildman–Crippen MR) is 57.5 cm³/mol. The third-order valence-corrected chi connectivity index (χ3v) is 2.62. The van der Waals surface area contributed by atoms with Crippen molar-refractivity contribution in [1.29, 1.82) is 0 Å². The third-order valence-electron chi connectivity index (χ3n) is 2.62. The molecule has 0 aromatic heterocycles. The van der Waals surface area contributed by atoms with Crippen molar-refractivity contribution in [1.82, 2.24) is 10.6 Å². The Kier molecular flexibility index (Phi) is 4.81. The molecule has 9 heteroatoms. The standard InChI is InChI=1S/C10H15N2O7/c1-3(13)11-5-6(12-4(2)14)10(18)19-8(7(5)15)9(16)17/h5-8,10,15H,1-2H3,(H,11,13)(H,12,14)(H,16,17)/q-1/t5-,6-,7+,8+,10+/m1/s1. The van der Waals surface area contributed by atoms with Crippen LogP contribution in [0.3, 0.4) is 0 Å². The summed E-state index contributed by atoms with van der Waals surface area (Å²) in [6.45, 7) is 2.29. The second kappa shape index (κ2) is 5.95. The van der Waals surface area contributed by atoms with E-state index in [4.69, 9.17) is 5.11 Å². The fourth-order valence-electron chi connectivity index (χ4n) is 1.89. The molecule has 9 nitrogen and oxygen atoms in total. The number of nitrogens with one attached hydrogen (secondary N) is 2. The second-order valence-corrected chi connectivity index (χ2v) is 4.21. The van der Waals surface area contributed by atoms with E-state index in [9.17, 15) is 24.6 Å². The Morgan fingerprint density at radius 2 is 1.58 bits per heavy atom. The lowest BCUT2D eigenvalue weighted by atomic mass is 9.93. The molecule has 108 valence electrons. The Labute approximate surface area is 108 Å². The lowest BCUT2D eigenvalue weighted by Gasteiger charge is -2.47. The molecule has 0 aromatic carbocycles. The number of ether oxygens (including phenoxy) is 1. The zero-order valence-electron chi connectivity index (χ0n) is 10.3. The highest BCUT2D eigenvalue weighted by Gasteiger charge is 2.45. The minimum Gasteiger partial charge on any atom is -0.829 e. The largest absolute Gasteiger partial charge is 0.829 e. The lowest BCUT2D eigenvalue weighted by molar-refractivity contribution is -0.512. The summed E-state index contributed by atoms with van der Waals surface area (Å²) in [6.07, 6.45) is -5.32. The molecule has 1 aliphatic rings. The number of rotatable bonds is 3. The first kappa shape index (κ1) is 15.3.